The first-order valence-electron chi connectivity index (χ1n) is 10.7. The highest BCUT2D eigenvalue weighted by molar-refractivity contribution is 8.26. The van der Waals surface area contributed by atoms with Crippen LogP contribution in [0, 0.1) is 0 Å². The highest BCUT2D eigenvalue weighted by Gasteiger charge is 2.36. The number of hydrogen-bond acceptors (Lipinski definition) is 7. The van der Waals surface area contributed by atoms with Gasteiger partial charge in [0.15, 0.2) is 0 Å². The molecular formula is C24H22N4O2S3. The zero-order valence-electron chi connectivity index (χ0n) is 18.0. The summed E-state index contributed by atoms with van der Waals surface area (Å²) >= 11 is 8.70. The summed E-state index contributed by atoms with van der Waals surface area (Å²) in [6.45, 7) is 3.59. The summed E-state index contributed by atoms with van der Waals surface area (Å²) in [7, 11) is 0. The fourth-order valence-corrected chi connectivity index (χ4v) is 6.36. The molecule has 2 fully saturated rings. The standard InChI is InChI=1S/C24H22N4O2S3/c1-16(17-7-3-2-4-8-17)28-23(30)19(33-24(28)31)15-18-21(26-11-13-32-14-12-26)25-20-9-5-6-10-27(20)22(18)29/h2-10,15-16H,11-14H2,1H3. The molecule has 0 N–H and O–H groups in total. The molecule has 3 aromatic rings. The molecule has 5 rings (SSSR count). The maximum absolute atomic E-state index is 13.5. The van der Waals surface area contributed by atoms with Crippen LogP contribution in [0.1, 0.15) is 24.1 Å². The van der Waals surface area contributed by atoms with E-state index in [9.17, 15) is 9.59 Å². The fraction of sp³-hybridized carbons (Fsp3) is 0.250. The highest BCUT2D eigenvalue weighted by atomic mass is 32.2. The van der Waals surface area contributed by atoms with Gasteiger partial charge in [-0.2, -0.15) is 11.8 Å². The Bertz CT molecular complexity index is 1320. The molecule has 1 atom stereocenters. The smallest absolute Gasteiger partial charge is 0.267 e. The van der Waals surface area contributed by atoms with Gasteiger partial charge in [-0.05, 0) is 30.7 Å². The number of aromatic nitrogens is 2. The summed E-state index contributed by atoms with van der Waals surface area (Å²) in [6.07, 6.45) is 3.39. The Balaban J connectivity index is 1.58. The maximum atomic E-state index is 13.5. The molecular weight excluding hydrogens is 472 g/mol. The Morgan fingerprint density at radius 2 is 1.79 bits per heavy atom. The third-order valence-corrected chi connectivity index (χ3v) is 8.10. The van der Waals surface area contributed by atoms with Gasteiger partial charge in [-0.3, -0.25) is 18.9 Å². The van der Waals surface area contributed by atoms with Gasteiger partial charge in [0.25, 0.3) is 11.5 Å². The van der Waals surface area contributed by atoms with Gasteiger partial charge in [-0.15, -0.1) is 0 Å². The minimum Gasteiger partial charge on any atom is -0.354 e. The zero-order chi connectivity index (χ0) is 22.9. The van der Waals surface area contributed by atoms with E-state index in [-0.39, 0.29) is 17.5 Å². The van der Waals surface area contributed by atoms with Gasteiger partial charge in [0.05, 0.1) is 16.5 Å². The van der Waals surface area contributed by atoms with Crippen molar-refractivity contribution in [3.05, 3.63) is 81.1 Å². The minimum absolute atomic E-state index is 0.181. The van der Waals surface area contributed by atoms with E-state index in [4.69, 9.17) is 17.2 Å². The normalized spacial score (nSPS) is 19.0. The van der Waals surface area contributed by atoms with Crippen LogP contribution in [0.15, 0.2) is 64.4 Å². The van der Waals surface area contributed by atoms with Gasteiger partial charge in [0, 0.05) is 30.8 Å². The predicted octanol–water partition coefficient (Wildman–Crippen LogP) is 4.21. The molecule has 2 aliphatic rings. The molecule has 0 radical (unpaired) electrons. The lowest BCUT2D eigenvalue weighted by Crippen LogP contribution is -2.36. The number of pyridine rings is 1. The minimum atomic E-state index is -0.195. The lowest BCUT2D eigenvalue weighted by Gasteiger charge is -2.28. The molecule has 2 aromatic heterocycles. The van der Waals surface area contributed by atoms with Crippen molar-refractivity contribution in [2.45, 2.75) is 13.0 Å². The van der Waals surface area contributed by atoms with E-state index < -0.39 is 0 Å². The van der Waals surface area contributed by atoms with Crippen LogP contribution in [0.3, 0.4) is 0 Å². The fourth-order valence-electron chi connectivity index (χ4n) is 4.06. The number of thiocarbonyl (C=S) groups is 1. The molecule has 2 saturated heterocycles. The lowest BCUT2D eigenvalue weighted by atomic mass is 10.1. The zero-order valence-corrected chi connectivity index (χ0v) is 20.5. The summed E-state index contributed by atoms with van der Waals surface area (Å²) in [5.41, 5.74) is 1.85. The first kappa shape index (κ1) is 22.2. The predicted molar refractivity (Wildman–Crippen MR) is 141 cm³/mol. The van der Waals surface area contributed by atoms with Gasteiger partial charge < -0.3 is 4.90 Å². The molecule has 0 spiro atoms. The van der Waals surface area contributed by atoms with Crippen LogP contribution in [0.4, 0.5) is 5.82 Å². The Kier molecular flexibility index (Phi) is 6.27. The number of thioether (sulfide) groups is 2. The molecule has 0 bridgehead atoms. The molecule has 33 heavy (non-hydrogen) atoms. The van der Waals surface area contributed by atoms with Crippen molar-refractivity contribution in [1.82, 2.24) is 14.3 Å². The average molecular weight is 495 g/mol. The van der Waals surface area contributed by atoms with Crippen molar-refractivity contribution in [2.75, 3.05) is 29.5 Å². The van der Waals surface area contributed by atoms with E-state index in [1.807, 2.05) is 61.2 Å². The largest absolute Gasteiger partial charge is 0.354 e. The van der Waals surface area contributed by atoms with Crippen LogP contribution < -0.4 is 10.5 Å². The summed E-state index contributed by atoms with van der Waals surface area (Å²) in [4.78, 5) is 35.9. The van der Waals surface area contributed by atoms with Crippen LogP contribution in [-0.4, -0.2) is 49.1 Å². The molecule has 9 heteroatoms. The first-order valence-corrected chi connectivity index (χ1v) is 13.1. The van der Waals surface area contributed by atoms with Crippen LogP contribution in [0.5, 0.6) is 0 Å². The van der Waals surface area contributed by atoms with Crippen molar-refractivity contribution in [2.24, 2.45) is 0 Å². The Morgan fingerprint density at radius 3 is 2.55 bits per heavy atom. The van der Waals surface area contributed by atoms with Gasteiger partial charge in [0.2, 0.25) is 0 Å². The Labute approximate surface area is 205 Å². The SMILES string of the molecule is CC(c1ccccc1)N1C(=O)C(=Cc2c(N3CCSCC3)nc3ccccn3c2=O)SC1=S. The van der Waals surface area contributed by atoms with Crippen molar-refractivity contribution in [3.63, 3.8) is 0 Å². The van der Waals surface area contributed by atoms with E-state index in [1.54, 1.807) is 23.2 Å². The number of nitrogens with zero attached hydrogens (tertiary/aromatic N) is 4. The monoisotopic (exact) mass is 494 g/mol. The molecule has 4 heterocycles. The number of rotatable bonds is 4. The van der Waals surface area contributed by atoms with E-state index in [2.05, 4.69) is 4.90 Å². The molecule has 0 aliphatic carbocycles. The number of fused-ring (bicyclic) bond motifs is 1. The van der Waals surface area contributed by atoms with E-state index in [1.165, 1.54) is 16.2 Å². The molecule has 6 nitrogen and oxygen atoms in total. The maximum Gasteiger partial charge on any atom is 0.267 e. The van der Waals surface area contributed by atoms with Crippen LogP contribution in [0.25, 0.3) is 11.7 Å². The van der Waals surface area contributed by atoms with E-state index in [0.717, 1.165) is 30.2 Å². The summed E-state index contributed by atoms with van der Waals surface area (Å²) in [5.74, 6) is 2.41. The second-order valence-electron chi connectivity index (χ2n) is 7.82. The topological polar surface area (TPSA) is 57.9 Å². The second kappa shape index (κ2) is 9.32. The molecule has 1 aromatic carbocycles. The lowest BCUT2D eigenvalue weighted by molar-refractivity contribution is -0.123. The number of amides is 1. The van der Waals surface area contributed by atoms with Gasteiger partial charge in [0.1, 0.15) is 15.8 Å². The molecule has 2 aliphatic heterocycles. The van der Waals surface area contributed by atoms with Crippen LogP contribution >= 0.6 is 35.7 Å². The van der Waals surface area contributed by atoms with E-state index in [0.29, 0.717) is 26.3 Å². The third-order valence-electron chi connectivity index (χ3n) is 5.83. The first-order chi connectivity index (χ1) is 16.0. The van der Waals surface area contributed by atoms with Gasteiger partial charge >= 0.3 is 0 Å². The number of anilines is 1. The number of carbonyl (C=O) groups excluding carboxylic acids is 1. The summed E-state index contributed by atoms with van der Waals surface area (Å²) in [6, 6.07) is 15.1. The molecule has 168 valence electrons. The molecule has 1 unspecified atom stereocenters. The molecule has 1 amide bonds. The quantitative estimate of drug-likeness (QED) is 0.398. The molecule has 0 saturated carbocycles. The van der Waals surface area contributed by atoms with Crippen molar-refractivity contribution < 1.29 is 4.79 Å². The summed E-state index contributed by atoms with van der Waals surface area (Å²) < 4.78 is 2.02. The number of benzene rings is 1. The van der Waals surface area contributed by atoms with E-state index >= 15 is 0 Å². The highest BCUT2D eigenvalue weighted by Crippen LogP contribution is 2.38. The third kappa shape index (κ3) is 4.20. The number of hydrogen-bond donors (Lipinski definition) is 0. The van der Waals surface area contributed by atoms with Gasteiger partial charge in [-0.1, -0.05) is 60.4 Å². The van der Waals surface area contributed by atoms with Crippen LogP contribution in [0.2, 0.25) is 0 Å². The summed E-state index contributed by atoms with van der Waals surface area (Å²) in [5, 5.41) is 0. The van der Waals surface area contributed by atoms with Crippen molar-refractivity contribution in [1.29, 1.82) is 0 Å². The van der Waals surface area contributed by atoms with Crippen molar-refractivity contribution >= 4 is 63.5 Å². The average Bonchev–Trinajstić information content (AvgIpc) is 3.14. The Morgan fingerprint density at radius 1 is 1.06 bits per heavy atom. The van der Waals surface area contributed by atoms with Crippen LogP contribution in [-0.2, 0) is 4.79 Å². The number of carbonyl (C=O) groups is 1. The van der Waals surface area contributed by atoms with Crippen molar-refractivity contribution in [3.8, 4) is 0 Å². The van der Waals surface area contributed by atoms with Gasteiger partial charge in [-0.25, -0.2) is 4.98 Å². The Hall–Kier alpha value is -2.62. The second-order valence-corrected chi connectivity index (χ2v) is 10.7.